The Kier molecular flexibility index (Phi) is 7.62. The number of carbonyl (C=O) groups excluding carboxylic acids is 2. The maximum atomic E-state index is 11.8. The molecule has 0 heterocycles. The van der Waals surface area contributed by atoms with Crippen LogP contribution in [0.5, 0.6) is 5.75 Å². The Labute approximate surface area is 148 Å². The average molecular weight is 485 g/mol. The molecule has 0 aliphatic carbocycles. The van der Waals surface area contributed by atoms with Gasteiger partial charge in [0.1, 0.15) is 12.4 Å². The summed E-state index contributed by atoms with van der Waals surface area (Å²) in [6.07, 6.45) is 0.0754. The van der Waals surface area contributed by atoms with Crippen LogP contribution < -0.4 is 4.74 Å². The van der Waals surface area contributed by atoms with Crippen LogP contribution in [0.25, 0.3) is 0 Å². The van der Waals surface area contributed by atoms with Crippen molar-refractivity contribution in [2.75, 3.05) is 6.61 Å². The van der Waals surface area contributed by atoms with Crippen molar-refractivity contribution >= 4 is 59.7 Å². The maximum Gasteiger partial charge on any atom is 0.333 e. The summed E-state index contributed by atoms with van der Waals surface area (Å²) in [6, 6.07) is 5.23. The molecule has 4 nitrogen and oxygen atoms in total. The molecule has 1 atom stereocenters. The third-order valence-corrected chi connectivity index (χ3v) is 3.95. The second-order valence-corrected chi connectivity index (χ2v) is 7.29. The van der Waals surface area contributed by atoms with Gasteiger partial charge >= 0.3 is 11.9 Å². The van der Waals surface area contributed by atoms with Crippen molar-refractivity contribution in [2.24, 2.45) is 0 Å². The standard InChI is InChI=1S/C14H13Br3O4/c1-8(2)14(19)20-7-10(16)6-13(18)21-12-4-3-9(15)5-11(12)17/h3-5,10H,1,6-7H2,2H3. The van der Waals surface area contributed by atoms with E-state index < -0.39 is 11.9 Å². The van der Waals surface area contributed by atoms with Crippen molar-refractivity contribution in [3.63, 3.8) is 0 Å². The van der Waals surface area contributed by atoms with Crippen molar-refractivity contribution in [1.82, 2.24) is 0 Å². The molecule has 0 saturated heterocycles. The Morgan fingerprint density at radius 1 is 1.33 bits per heavy atom. The van der Waals surface area contributed by atoms with Crippen molar-refractivity contribution < 1.29 is 19.1 Å². The molecule has 114 valence electrons. The van der Waals surface area contributed by atoms with Crippen molar-refractivity contribution in [1.29, 1.82) is 0 Å². The number of hydrogen-bond acceptors (Lipinski definition) is 4. The number of halogens is 3. The van der Waals surface area contributed by atoms with Gasteiger partial charge in [0.15, 0.2) is 0 Å². The zero-order valence-electron chi connectivity index (χ0n) is 11.2. The zero-order valence-corrected chi connectivity index (χ0v) is 16.0. The summed E-state index contributed by atoms with van der Waals surface area (Å²) in [7, 11) is 0. The highest BCUT2D eigenvalue weighted by atomic mass is 79.9. The first-order chi connectivity index (χ1) is 9.79. The Morgan fingerprint density at radius 2 is 2.00 bits per heavy atom. The highest BCUT2D eigenvalue weighted by Gasteiger charge is 2.16. The smallest absolute Gasteiger partial charge is 0.333 e. The first-order valence-corrected chi connectivity index (χ1v) is 8.42. The summed E-state index contributed by atoms with van der Waals surface area (Å²) in [4.78, 5) is 22.7. The fraction of sp³-hybridized carbons (Fsp3) is 0.286. The molecule has 1 rings (SSSR count). The lowest BCUT2D eigenvalue weighted by Gasteiger charge is -2.11. The topological polar surface area (TPSA) is 52.6 Å². The lowest BCUT2D eigenvalue weighted by atomic mass is 10.3. The first-order valence-electron chi connectivity index (χ1n) is 5.92. The van der Waals surface area contributed by atoms with Gasteiger partial charge in [-0.2, -0.15) is 0 Å². The third kappa shape index (κ3) is 6.76. The average Bonchev–Trinajstić information content (AvgIpc) is 2.39. The summed E-state index contributed by atoms with van der Waals surface area (Å²) in [5.74, 6) is -0.475. The normalized spacial score (nSPS) is 11.6. The molecular weight excluding hydrogens is 472 g/mol. The Morgan fingerprint density at radius 3 is 2.57 bits per heavy atom. The van der Waals surface area contributed by atoms with Crippen LogP contribution >= 0.6 is 47.8 Å². The molecular formula is C14H13Br3O4. The molecule has 0 bridgehead atoms. The minimum absolute atomic E-state index is 0.0717. The minimum atomic E-state index is -0.483. The molecule has 7 heteroatoms. The molecule has 0 radical (unpaired) electrons. The molecule has 0 aliphatic heterocycles. The van der Waals surface area contributed by atoms with E-state index in [-0.39, 0.29) is 17.9 Å². The fourth-order valence-corrected chi connectivity index (χ4v) is 2.78. The van der Waals surface area contributed by atoms with E-state index in [2.05, 4.69) is 54.4 Å². The molecule has 1 unspecified atom stereocenters. The van der Waals surface area contributed by atoms with E-state index in [1.165, 1.54) is 0 Å². The van der Waals surface area contributed by atoms with E-state index in [0.29, 0.717) is 15.8 Å². The number of benzene rings is 1. The van der Waals surface area contributed by atoms with E-state index in [9.17, 15) is 9.59 Å². The summed E-state index contributed by atoms with van der Waals surface area (Å²) >= 11 is 9.90. The fourth-order valence-electron chi connectivity index (χ4n) is 1.25. The second-order valence-electron chi connectivity index (χ2n) is 4.23. The molecule has 1 aromatic rings. The van der Waals surface area contributed by atoms with Crippen LogP contribution in [0.2, 0.25) is 0 Å². The van der Waals surface area contributed by atoms with Crippen LogP contribution in [-0.4, -0.2) is 23.4 Å². The maximum absolute atomic E-state index is 11.8. The van der Waals surface area contributed by atoms with Gasteiger partial charge in [-0.05, 0) is 41.1 Å². The number of hydrogen-bond donors (Lipinski definition) is 0. The Hall–Kier alpha value is -0.660. The molecule has 0 fully saturated rings. The van der Waals surface area contributed by atoms with Gasteiger partial charge in [0.2, 0.25) is 0 Å². The number of alkyl halides is 1. The van der Waals surface area contributed by atoms with E-state index in [1.807, 2.05) is 0 Å². The minimum Gasteiger partial charge on any atom is -0.461 e. The summed E-state index contributed by atoms with van der Waals surface area (Å²) in [5.41, 5.74) is 0.316. The van der Waals surface area contributed by atoms with Crippen LogP contribution in [0.15, 0.2) is 39.3 Å². The third-order valence-electron chi connectivity index (χ3n) is 2.25. The molecule has 0 saturated carbocycles. The van der Waals surface area contributed by atoms with E-state index in [0.717, 1.165) is 4.47 Å². The lowest BCUT2D eigenvalue weighted by molar-refractivity contribution is -0.140. The first kappa shape index (κ1) is 18.4. The van der Waals surface area contributed by atoms with Crippen molar-refractivity contribution in [2.45, 2.75) is 18.2 Å². The predicted molar refractivity (Wildman–Crippen MR) is 90.6 cm³/mol. The number of rotatable bonds is 6. The van der Waals surface area contributed by atoms with Crippen LogP contribution in [0.1, 0.15) is 13.3 Å². The van der Waals surface area contributed by atoms with Gasteiger partial charge in [0.05, 0.1) is 15.7 Å². The van der Waals surface area contributed by atoms with Gasteiger partial charge in [-0.15, -0.1) is 0 Å². The number of esters is 2. The van der Waals surface area contributed by atoms with Gasteiger partial charge in [-0.25, -0.2) is 4.79 Å². The SMILES string of the molecule is C=C(C)C(=O)OCC(Br)CC(=O)Oc1ccc(Br)cc1Br. The van der Waals surface area contributed by atoms with Gasteiger partial charge in [-0.1, -0.05) is 38.4 Å². The predicted octanol–water partition coefficient (Wildman–Crippen LogP) is 4.39. The molecule has 0 spiro atoms. The van der Waals surface area contributed by atoms with E-state index in [4.69, 9.17) is 9.47 Å². The number of ether oxygens (including phenoxy) is 2. The molecule has 0 amide bonds. The van der Waals surface area contributed by atoms with Gasteiger partial charge in [0, 0.05) is 10.0 Å². The Balaban J connectivity index is 2.46. The van der Waals surface area contributed by atoms with Crippen LogP contribution in [0.4, 0.5) is 0 Å². The molecule has 0 N–H and O–H groups in total. The summed E-state index contributed by atoms with van der Waals surface area (Å²) in [6.45, 7) is 5.11. The highest BCUT2D eigenvalue weighted by molar-refractivity contribution is 9.11. The van der Waals surface area contributed by atoms with E-state index >= 15 is 0 Å². The molecule has 0 aliphatic rings. The van der Waals surface area contributed by atoms with Gasteiger partial charge in [0.25, 0.3) is 0 Å². The van der Waals surface area contributed by atoms with Gasteiger partial charge in [-0.3, -0.25) is 4.79 Å². The zero-order chi connectivity index (χ0) is 16.0. The highest BCUT2D eigenvalue weighted by Crippen LogP contribution is 2.28. The van der Waals surface area contributed by atoms with Gasteiger partial charge < -0.3 is 9.47 Å². The quantitative estimate of drug-likeness (QED) is 0.260. The summed E-state index contributed by atoms with van der Waals surface area (Å²) < 4.78 is 11.7. The monoisotopic (exact) mass is 482 g/mol. The molecule has 21 heavy (non-hydrogen) atoms. The van der Waals surface area contributed by atoms with Crippen LogP contribution in [0.3, 0.4) is 0 Å². The molecule has 1 aromatic carbocycles. The van der Waals surface area contributed by atoms with Crippen molar-refractivity contribution in [3.8, 4) is 5.75 Å². The van der Waals surface area contributed by atoms with Crippen LogP contribution in [0, 0.1) is 0 Å². The number of carbonyl (C=O) groups is 2. The lowest BCUT2D eigenvalue weighted by Crippen LogP contribution is -2.20. The van der Waals surface area contributed by atoms with Crippen LogP contribution in [-0.2, 0) is 14.3 Å². The molecule has 0 aromatic heterocycles. The second kappa shape index (κ2) is 8.70. The largest absolute Gasteiger partial charge is 0.461 e. The van der Waals surface area contributed by atoms with Crippen molar-refractivity contribution in [3.05, 3.63) is 39.3 Å². The summed E-state index contributed by atoms with van der Waals surface area (Å²) in [5, 5.41) is 0. The Bertz CT molecular complexity index is 557. The van der Waals surface area contributed by atoms with E-state index in [1.54, 1.807) is 25.1 Å².